The first-order chi connectivity index (χ1) is 9.39. The van der Waals surface area contributed by atoms with Crippen molar-refractivity contribution in [2.75, 3.05) is 12.4 Å². The number of aromatic hydroxyl groups is 1. The van der Waals surface area contributed by atoms with Crippen molar-refractivity contribution in [3.8, 4) is 22.6 Å². The van der Waals surface area contributed by atoms with Gasteiger partial charge in [0.25, 0.3) is 0 Å². The van der Waals surface area contributed by atoms with Gasteiger partial charge in [0.15, 0.2) is 0 Å². The Morgan fingerprint density at radius 1 is 1.05 bits per heavy atom. The van der Waals surface area contributed by atoms with Crippen LogP contribution in [0.5, 0.6) is 11.5 Å². The van der Waals surface area contributed by atoms with Crippen molar-refractivity contribution in [1.82, 2.24) is 0 Å². The summed E-state index contributed by atoms with van der Waals surface area (Å²) < 4.78 is 40.4. The van der Waals surface area contributed by atoms with Gasteiger partial charge in [0, 0.05) is 18.3 Å². The van der Waals surface area contributed by atoms with Crippen LogP contribution in [-0.4, -0.2) is 18.5 Å². The highest BCUT2D eigenvalue weighted by Crippen LogP contribution is 2.34. The van der Waals surface area contributed by atoms with Gasteiger partial charge in [-0.25, -0.2) is 0 Å². The van der Waals surface area contributed by atoms with Crippen LogP contribution in [0.25, 0.3) is 11.1 Å². The number of halogens is 3. The lowest BCUT2D eigenvalue weighted by Crippen LogP contribution is -2.17. The first-order valence-corrected chi connectivity index (χ1v) is 5.76. The molecule has 0 atom stereocenters. The molecule has 3 nitrogen and oxygen atoms in total. The lowest BCUT2D eigenvalue weighted by atomic mass is 10.0. The number of nitrogens with one attached hydrogen (secondary N) is 1. The first kappa shape index (κ1) is 14.0. The smallest absolute Gasteiger partial charge is 0.507 e. The van der Waals surface area contributed by atoms with Crippen LogP contribution in [0.4, 0.5) is 18.9 Å². The normalized spacial score (nSPS) is 11.2. The summed E-state index contributed by atoms with van der Waals surface area (Å²) in [6.45, 7) is 0. The van der Waals surface area contributed by atoms with Crippen molar-refractivity contribution in [2.24, 2.45) is 0 Å². The zero-order valence-electron chi connectivity index (χ0n) is 10.5. The second-order valence-corrected chi connectivity index (χ2v) is 4.05. The Hall–Kier alpha value is -2.37. The fourth-order valence-electron chi connectivity index (χ4n) is 1.76. The Morgan fingerprint density at radius 3 is 2.25 bits per heavy atom. The number of anilines is 1. The molecule has 2 N–H and O–H groups in total. The molecule has 0 aromatic heterocycles. The number of rotatable bonds is 3. The van der Waals surface area contributed by atoms with E-state index in [1.807, 2.05) is 0 Å². The van der Waals surface area contributed by atoms with E-state index in [0.29, 0.717) is 5.56 Å². The molecule has 0 saturated heterocycles. The van der Waals surface area contributed by atoms with Gasteiger partial charge in [0.2, 0.25) is 0 Å². The Kier molecular flexibility index (Phi) is 3.74. The molecule has 106 valence electrons. The second kappa shape index (κ2) is 5.32. The lowest BCUT2D eigenvalue weighted by Gasteiger charge is -2.11. The lowest BCUT2D eigenvalue weighted by molar-refractivity contribution is -0.274. The summed E-state index contributed by atoms with van der Waals surface area (Å²) in [4.78, 5) is 0. The van der Waals surface area contributed by atoms with Crippen molar-refractivity contribution in [2.45, 2.75) is 6.36 Å². The van der Waals surface area contributed by atoms with Crippen molar-refractivity contribution >= 4 is 5.69 Å². The molecule has 0 unspecified atom stereocenters. The molecule has 0 amide bonds. The minimum atomic E-state index is -4.76. The van der Waals surface area contributed by atoms with E-state index in [9.17, 15) is 18.3 Å². The maximum atomic E-state index is 12.2. The highest BCUT2D eigenvalue weighted by atomic mass is 19.4. The van der Waals surface area contributed by atoms with E-state index < -0.39 is 6.36 Å². The third-order valence-corrected chi connectivity index (χ3v) is 2.69. The van der Waals surface area contributed by atoms with Gasteiger partial charge in [0.1, 0.15) is 11.5 Å². The molecule has 0 saturated carbocycles. The molecule has 0 aliphatic carbocycles. The molecule has 0 aliphatic rings. The van der Waals surface area contributed by atoms with Crippen LogP contribution in [0.2, 0.25) is 0 Å². The largest absolute Gasteiger partial charge is 0.573 e. The van der Waals surface area contributed by atoms with Gasteiger partial charge in [0.05, 0.1) is 0 Å². The predicted octanol–water partition coefficient (Wildman–Crippen LogP) is 4.00. The predicted molar refractivity (Wildman–Crippen MR) is 69.8 cm³/mol. The van der Waals surface area contributed by atoms with Crippen LogP contribution in [0.1, 0.15) is 0 Å². The Balaban J connectivity index is 2.36. The Morgan fingerprint density at radius 2 is 1.70 bits per heavy atom. The fraction of sp³-hybridized carbons (Fsp3) is 0.143. The third kappa shape index (κ3) is 3.34. The average molecular weight is 283 g/mol. The average Bonchev–Trinajstić information content (AvgIpc) is 2.40. The molecule has 2 aromatic carbocycles. The first-order valence-electron chi connectivity index (χ1n) is 5.76. The fourth-order valence-corrected chi connectivity index (χ4v) is 1.76. The van der Waals surface area contributed by atoms with Crippen molar-refractivity contribution < 1.29 is 23.0 Å². The Labute approximate surface area is 113 Å². The summed E-state index contributed by atoms with van der Waals surface area (Å²) in [7, 11) is 1.75. The molecule has 0 fully saturated rings. The van der Waals surface area contributed by atoms with E-state index in [1.54, 1.807) is 31.3 Å². The zero-order chi connectivity index (χ0) is 14.8. The van der Waals surface area contributed by atoms with E-state index >= 15 is 0 Å². The highest BCUT2D eigenvalue weighted by molar-refractivity contribution is 5.73. The second-order valence-electron chi connectivity index (χ2n) is 4.05. The number of ether oxygens (including phenoxy) is 1. The molecule has 2 aromatic rings. The van der Waals surface area contributed by atoms with Crippen molar-refractivity contribution in [3.63, 3.8) is 0 Å². The topological polar surface area (TPSA) is 41.5 Å². The van der Waals surface area contributed by atoms with Crippen LogP contribution in [0, 0.1) is 0 Å². The molecular formula is C14H12F3NO2. The molecular weight excluding hydrogens is 271 g/mol. The number of phenolic OH excluding ortho intramolecular Hbond substituents is 1. The van der Waals surface area contributed by atoms with Crippen LogP contribution in [-0.2, 0) is 0 Å². The summed E-state index contributed by atoms with van der Waals surface area (Å²) in [5, 5.41) is 12.7. The summed E-state index contributed by atoms with van der Waals surface area (Å²) in [6, 6.07) is 10.3. The third-order valence-electron chi connectivity index (χ3n) is 2.69. The molecule has 6 heteroatoms. The van der Waals surface area contributed by atoms with Gasteiger partial charge in [-0.05, 0) is 35.9 Å². The summed E-state index contributed by atoms with van der Waals surface area (Å²) >= 11 is 0. The van der Waals surface area contributed by atoms with E-state index in [0.717, 1.165) is 17.8 Å². The van der Waals surface area contributed by atoms with Gasteiger partial charge < -0.3 is 15.2 Å². The van der Waals surface area contributed by atoms with Gasteiger partial charge in [-0.1, -0.05) is 12.1 Å². The summed E-state index contributed by atoms with van der Waals surface area (Å²) in [5.74, 6) is -0.486. The maximum absolute atomic E-state index is 12.2. The summed E-state index contributed by atoms with van der Waals surface area (Å²) in [6.07, 6.45) is -4.76. The zero-order valence-corrected chi connectivity index (χ0v) is 10.5. The van der Waals surface area contributed by atoms with E-state index in [1.165, 1.54) is 6.07 Å². The van der Waals surface area contributed by atoms with E-state index in [4.69, 9.17) is 0 Å². The van der Waals surface area contributed by atoms with E-state index in [2.05, 4.69) is 10.1 Å². The number of alkyl halides is 3. The maximum Gasteiger partial charge on any atom is 0.573 e. The van der Waals surface area contributed by atoms with Gasteiger partial charge in [-0.2, -0.15) is 0 Å². The minimum absolute atomic E-state index is 0.114. The quantitative estimate of drug-likeness (QED) is 0.894. The van der Waals surface area contributed by atoms with Crippen molar-refractivity contribution in [3.05, 3.63) is 42.5 Å². The molecule has 0 bridgehead atoms. The number of benzene rings is 2. The van der Waals surface area contributed by atoms with Gasteiger partial charge >= 0.3 is 6.36 Å². The molecule has 20 heavy (non-hydrogen) atoms. The SMILES string of the molecule is CNc1ccc(-c2cc(OC(F)(F)F)ccc2O)cc1. The van der Waals surface area contributed by atoms with Crippen LogP contribution in [0.15, 0.2) is 42.5 Å². The number of hydrogen-bond acceptors (Lipinski definition) is 3. The number of hydrogen-bond donors (Lipinski definition) is 2. The standard InChI is InChI=1S/C14H12F3NO2/c1-18-10-4-2-9(3-5-10)12-8-11(6-7-13(12)19)20-14(15,16)17/h2-8,18-19H,1H3. The molecule has 0 radical (unpaired) electrons. The van der Waals surface area contributed by atoms with Crippen molar-refractivity contribution in [1.29, 1.82) is 0 Å². The summed E-state index contributed by atoms with van der Waals surface area (Å²) in [5.41, 5.74) is 1.72. The van der Waals surface area contributed by atoms with Crippen LogP contribution >= 0.6 is 0 Å². The highest BCUT2D eigenvalue weighted by Gasteiger charge is 2.31. The minimum Gasteiger partial charge on any atom is -0.507 e. The molecule has 0 spiro atoms. The van der Waals surface area contributed by atoms with Crippen LogP contribution in [0.3, 0.4) is 0 Å². The van der Waals surface area contributed by atoms with Crippen LogP contribution < -0.4 is 10.1 Å². The van der Waals surface area contributed by atoms with Gasteiger partial charge in [-0.3, -0.25) is 0 Å². The molecule has 0 aliphatic heterocycles. The molecule has 2 rings (SSSR count). The van der Waals surface area contributed by atoms with E-state index in [-0.39, 0.29) is 17.1 Å². The molecule has 0 heterocycles. The number of phenols is 1. The van der Waals surface area contributed by atoms with Gasteiger partial charge in [-0.15, -0.1) is 13.2 Å². The monoisotopic (exact) mass is 283 g/mol. The Bertz CT molecular complexity index is 594.